The lowest BCUT2D eigenvalue weighted by atomic mass is 10.0. The molecular weight excluding hydrogens is 437 g/mol. The van der Waals surface area contributed by atoms with Crippen molar-refractivity contribution in [1.82, 2.24) is 25.0 Å². The summed E-state index contributed by atoms with van der Waals surface area (Å²) >= 11 is 6.91. The van der Waals surface area contributed by atoms with Crippen LogP contribution in [0.15, 0.2) is 41.8 Å². The Morgan fingerprint density at radius 2 is 2.16 bits per heavy atom. The Balaban J connectivity index is 1.52. The van der Waals surface area contributed by atoms with Crippen molar-refractivity contribution in [3.8, 4) is 10.7 Å². The highest BCUT2D eigenvalue weighted by Crippen LogP contribution is 2.26. The molecule has 1 aliphatic heterocycles. The van der Waals surface area contributed by atoms with E-state index in [1.165, 1.54) is 23.5 Å². The first kappa shape index (κ1) is 21.8. The van der Waals surface area contributed by atoms with Crippen LogP contribution in [-0.2, 0) is 9.53 Å². The molecule has 3 heterocycles. The Bertz CT molecular complexity index is 1080. The molecule has 0 aliphatic carbocycles. The zero-order valence-electron chi connectivity index (χ0n) is 17.1. The van der Waals surface area contributed by atoms with Crippen molar-refractivity contribution in [1.29, 1.82) is 0 Å². The van der Waals surface area contributed by atoms with Gasteiger partial charge in [0, 0.05) is 19.6 Å². The van der Waals surface area contributed by atoms with E-state index in [0.29, 0.717) is 30.4 Å². The van der Waals surface area contributed by atoms with Crippen molar-refractivity contribution < 1.29 is 13.9 Å². The van der Waals surface area contributed by atoms with Gasteiger partial charge in [0.2, 0.25) is 5.91 Å². The van der Waals surface area contributed by atoms with Crippen LogP contribution in [-0.4, -0.2) is 58.4 Å². The molecular formula is C21H24FN5O2S2. The summed E-state index contributed by atoms with van der Waals surface area (Å²) in [6.45, 7) is 4.83. The molecule has 7 nitrogen and oxygen atoms in total. The SMILES string of the molecule is CC(C(=O)NCC(c1cccc(F)c1)N1CCOCC1)n1c(-c2cccs2)n[nH]c1=S. The summed E-state index contributed by atoms with van der Waals surface area (Å²) in [4.78, 5) is 16.2. The van der Waals surface area contributed by atoms with Gasteiger partial charge in [-0.1, -0.05) is 18.2 Å². The van der Waals surface area contributed by atoms with E-state index in [2.05, 4.69) is 20.4 Å². The largest absolute Gasteiger partial charge is 0.379 e. The Hall–Kier alpha value is -2.40. The number of carbonyl (C=O) groups excluding carboxylic acids is 1. The third-order valence-electron chi connectivity index (χ3n) is 5.40. The number of aromatic nitrogens is 3. The fraction of sp³-hybridized carbons (Fsp3) is 0.381. The third-order valence-corrected chi connectivity index (χ3v) is 6.56. The zero-order chi connectivity index (χ0) is 21.8. The van der Waals surface area contributed by atoms with Crippen molar-refractivity contribution >= 4 is 29.5 Å². The van der Waals surface area contributed by atoms with E-state index in [9.17, 15) is 9.18 Å². The summed E-state index contributed by atoms with van der Waals surface area (Å²) < 4.78 is 21.4. The predicted molar refractivity (Wildman–Crippen MR) is 120 cm³/mol. The van der Waals surface area contributed by atoms with Gasteiger partial charge in [0.25, 0.3) is 0 Å². The first-order valence-corrected chi connectivity index (χ1v) is 11.4. The maximum Gasteiger partial charge on any atom is 0.243 e. The minimum Gasteiger partial charge on any atom is -0.379 e. The van der Waals surface area contributed by atoms with Gasteiger partial charge in [-0.3, -0.25) is 19.4 Å². The van der Waals surface area contributed by atoms with Gasteiger partial charge in [0.05, 0.1) is 24.1 Å². The van der Waals surface area contributed by atoms with Crippen LogP contribution >= 0.6 is 23.6 Å². The van der Waals surface area contributed by atoms with E-state index in [1.54, 1.807) is 17.6 Å². The maximum atomic E-state index is 13.9. The first-order chi connectivity index (χ1) is 15.0. The van der Waals surface area contributed by atoms with Gasteiger partial charge in [0.1, 0.15) is 11.9 Å². The Labute approximate surface area is 188 Å². The Morgan fingerprint density at radius 1 is 1.35 bits per heavy atom. The minimum absolute atomic E-state index is 0.148. The van der Waals surface area contributed by atoms with E-state index in [4.69, 9.17) is 17.0 Å². The van der Waals surface area contributed by atoms with Gasteiger partial charge < -0.3 is 10.1 Å². The number of nitrogens with zero attached hydrogens (tertiary/aromatic N) is 3. The molecule has 1 fully saturated rings. The lowest BCUT2D eigenvalue weighted by Crippen LogP contribution is -2.44. The van der Waals surface area contributed by atoms with Crippen LogP contribution in [0.2, 0.25) is 0 Å². The van der Waals surface area contributed by atoms with Gasteiger partial charge in [-0.05, 0) is 48.3 Å². The summed E-state index contributed by atoms with van der Waals surface area (Å²) in [6, 6.07) is 9.70. The summed E-state index contributed by atoms with van der Waals surface area (Å²) in [7, 11) is 0. The van der Waals surface area contributed by atoms with Gasteiger partial charge in [-0.2, -0.15) is 5.10 Å². The molecule has 0 radical (unpaired) electrons. The number of carbonyl (C=O) groups is 1. The fourth-order valence-corrected chi connectivity index (χ4v) is 4.77. The molecule has 31 heavy (non-hydrogen) atoms. The second-order valence-corrected chi connectivity index (χ2v) is 8.67. The topological polar surface area (TPSA) is 75.2 Å². The van der Waals surface area contributed by atoms with Gasteiger partial charge in [0.15, 0.2) is 10.6 Å². The van der Waals surface area contributed by atoms with E-state index in [0.717, 1.165) is 23.5 Å². The van der Waals surface area contributed by atoms with Crippen molar-refractivity contribution in [3.63, 3.8) is 0 Å². The van der Waals surface area contributed by atoms with Crippen LogP contribution in [0.5, 0.6) is 0 Å². The molecule has 0 spiro atoms. The molecule has 2 N–H and O–H groups in total. The summed E-state index contributed by atoms with van der Waals surface area (Å²) in [6.07, 6.45) is 0. The molecule has 3 aromatic rings. The first-order valence-electron chi connectivity index (χ1n) is 10.1. The zero-order valence-corrected chi connectivity index (χ0v) is 18.7. The van der Waals surface area contributed by atoms with Gasteiger partial charge in [-0.25, -0.2) is 4.39 Å². The highest BCUT2D eigenvalue weighted by atomic mass is 32.1. The number of ether oxygens (including phenoxy) is 1. The van der Waals surface area contributed by atoms with Crippen molar-refractivity contribution in [3.05, 3.63) is 57.9 Å². The fourth-order valence-electron chi connectivity index (χ4n) is 3.77. The van der Waals surface area contributed by atoms with E-state index in [-0.39, 0.29) is 17.8 Å². The highest BCUT2D eigenvalue weighted by Gasteiger charge is 2.26. The number of H-pyrrole nitrogens is 1. The maximum absolute atomic E-state index is 13.9. The second kappa shape index (κ2) is 9.82. The lowest BCUT2D eigenvalue weighted by molar-refractivity contribution is -0.124. The van der Waals surface area contributed by atoms with Crippen LogP contribution in [0.3, 0.4) is 0 Å². The van der Waals surface area contributed by atoms with Crippen molar-refractivity contribution in [2.24, 2.45) is 0 Å². The molecule has 2 atom stereocenters. The number of hydrogen-bond acceptors (Lipinski definition) is 6. The lowest BCUT2D eigenvalue weighted by Gasteiger charge is -2.35. The molecule has 1 amide bonds. The Kier molecular flexibility index (Phi) is 6.91. The van der Waals surface area contributed by atoms with E-state index in [1.807, 2.05) is 23.6 Å². The number of amides is 1. The summed E-state index contributed by atoms with van der Waals surface area (Å²) in [5.74, 6) is 0.170. The summed E-state index contributed by atoms with van der Waals surface area (Å²) in [5, 5.41) is 12.1. The highest BCUT2D eigenvalue weighted by molar-refractivity contribution is 7.71. The molecule has 1 aliphatic rings. The number of aromatic amines is 1. The van der Waals surface area contributed by atoms with E-state index >= 15 is 0 Å². The molecule has 10 heteroatoms. The molecule has 1 aromatic carbocycles. The molecule has 4 rings (SSSR count). The second-order valence-electron chi connectivity index (χ2n) is 7.34. The van der Waals surface area contributed by atoms with Crippen molar-refractivity contribution in [2.75, 3.05) is 32.8 Å². The van der Waals surface area contributed by atoms with Crippen LogP contribution < -0.4 is 5.32 Å². The monoisotopic (exact) mass is 461 g/mol. The van der Waals surface area contributed by atoms with Gasteiger partial charge in [-0.15, -0.1) is 11.3 Å². The molecule has 2 unspecified atom stereocenters. The number of morpholine rings is 1. The van der Waals surface area contributed by atoms with Crippen molar-refractivity contribution in [2.45, 2.75) is 19.0 Å². The third kappa shape index (κ3) is 4.93. The van der Waals surface area contributed by atoms with Gasteiger partial charge >= 0.3 is 0 Å². The molecule has 164 valence electrons. The number of rotatable bonds is 7. The molecule has 0 bridgehead atoms. The van der Waals surface area contributed by atoms with Crippen LogP contribution in [0.1, 0.15) is 24.6 Å². The quantitative estimate of drug-likeness (QED) is 0.527. The van der Waals surface area contributed by atoms with Crippen LogP contribution in [0.25, 0.3) is 10.7 Å². The van der Waals surface area contributed by atoms with Crippen LogP contribution in [0, 0.1) is 10.6 Å². The summed E-state index contributed by atoms with van der Waals surface area (Å²) in [5.41, 5.74) is 0.828. The number of benzene rings is 1. The number of nitrogens with one attached hydrogen (secondary N) is 2. The molecule has 1 saturated heterocycles. The molecule has 0 saturated carbocycles. The standard InChI is InChI=1S/C21H24FN5O2S2/c1-14(27-19(24-25-21(27)30)18-6-3-11-31-18)20(28)23-13-17(26-7-9-29-10-8-26)15-4-2-5-16(22)12-15/h2-6,11-12,14,17H,7-10,13H2,1H3,(H,23,28)(H,25,30). The smallest absolute Gasteiger partial charge is 0.243 e. The molecule has 2 aromatic heterocycles. The Morgan fingerprint density at radius 3 is 2.87 bits per heavy atom. The van der Waals surface area contributed by atoms with Crippen LogP contribution in [0.4, 0.5) is 4.39 Å². The number of thiophene rings is 1. The number of hydrogen-bond donors (Lipinski definition) is 2. The predicted octanol–water partition coefficient (Wildman–Crippen LogP) is 3.56. The average Bonchev–Trinajstić information content (AvgIpc) is 3.44. The minimum atomic E-state index is -0.554. The number of halogens is 1. The average molecular weight is 462 g/mol. The van der Waals surface area contributed by atoms with E-state index < -0.39 is 6.04 Å². The normalized spacial score (nSPS) is 16.7.